The van der Waals surface area contributed by atoms with Gasteiger partial charge in [-0.05, 0) is 69.6 Å². The topological polar surface area (TPSA) is 63.9 Å². The molecule has 0 amide bonds. The Morgan fingerprint density at radius 3 is 2.51 bits per heavy atom. The second-order valence-corrected chi connectivity index (χ2v) is 11.7. The maximum atomic E-state index is 6.76. The first-order valence-electron chi connectivity index (χ1n) is 13.1. The predicted molar refractivity (Wildman–Crippen MR) is 145 cm³/mol. The summed E-state index contributed by atoms with van der Waals surface area (Å²) in [5.74, 6) is 8.55. The third-order valence-electron chi connectivity index (χ3n) is 8.61. The molecule has 0 radical (unpaired) electrons. The van der Waals surface area contributed by atoms with E-state index in [0.29, 0.717) is 33.8 Å². The molecular weight excluding hydrogens is 505 g/mol. The van der Waals surface area contributed by atoms with Crippen molar-refractivity contribution in [2.75, 3.05) is 0 Å². The van der Waals surface area contributed by atoms with Crippen LogP contribution in [-0.2, 0) is 11.3 Å². The van der Waals surface area contributed by atoms with Gasteiger partial charge in [-0.2, -0.15) is 0 Å². The molecule has 0 spiro atoms. The van der Waals surface area contributed by atoms with Crippen LogP contribution < -0.4 is 0 Å². The average molecular weight is 532 g/mol. The Kier molecular flexibility index (Phi) is 5.62. The van der Waals surface area contributed by atoms with E-state index in [0.717, 1.165) is 73.8 Å². The first-order chi connectivity index (χ1) is 18.0. The van der Waals surface area contributed by atoms with Crippen molar-refractivity contribution in [2.24, 2.45) is 5.41 Å². The van der Waals surface area contributed by atoms with Gasteiger partial charge in [0.25, 0.3) is 0 Å². The van der Waals surface area contributed by atoms with Gasteiger partial charge in [-0.15, -0.1) is 0 Å². The smallest absolute Gasteiger partial charge is 0.145 e. The summed E-state index contributed by atoms with van der Waals surface area (Å²) >= 11 is 13.0. The van der Waals surface area contributed by atoms with Gasteiger partial charge in [0, 0.05) is 57.5 Å². The number of rotatable bonds is 5. The second-order valence-electron chi connectivity index (χ2n) is 10.9. The molecule has 4 aliphatic carbocycles. The van der Waals surface area contributed by atoms with Gasteiger partial charge in [-0.1, -0.05) is 46.3 Å². The van der Waals surface area contributed by atoms with Crippen molar-refractivity contribution in [2.45, 2.75) is 69.5 Å². The van der Waals surface area contributed by atoms with Crippen LogP contribution in [0.5, 0.6) is 0 Å². The highest BCUT2D eigenvalue weighted by Gasteiger charge is 2.49. The molecule has 4 aromatic rings. The number of H-pyrrole nitrogens is 1. The Bertz CT molecular complexity index is 1510. The Labute approximate surface area is 225 Å². The minimum absolute atomic E-state index is 0.0865. The summed E-state index contributed by atoms with van der Waals surface area (Å²) in [5, 5.41) is 6.53. The Morgan fingerprint density at radius 2 is 1.78 bits per heavy atom. The van der Waals surface area contributed by atoms with Crippen LogP contribution in [0.1, 0.15) is 74.2 Å². The van der Waals surface area contributed by atoms with E-state index in [-0.39, 0.29) is 11.0 Å². The molecule has 7 heteroatoms. The standard InChI is InChI=1S/C30H27Cl2N3O2/c31-23-16-33-17-24(32)26(23)27-22(28(37-35-27)20-4-5-20)18-36-30-12-9-29(10-13-30,11-14-30)8-6-19-2-1-3-25-21(19)7-15-34-25/h1-3,7,15-17,20,34H,4-5,9-14,18H2. The Morgan fingerprint density at radius 1 is 1.03 bits per heavy atom. The largest absolute Gasteiger partial charge is 0.370 e. The fourth-order valence-electron chi connectivity index (χ4n) is 6.14. The fourth-order valence-corrected chi connectivity index (χ4v) is 6.68. The van der Waals surface area contributed by atoms with Crippen LogP contribution in [0.4, 0.5) is 0 Å². The maximum absolute atomic E-state index is 6.76. The van der Waals surface area contributed by atoms with Gasteiger partial charge in [0.05, 0.1) is 22.3 Å². The van der Waals surface area contributed by atoms with E-state index in [1.54, 1.807) is 12.4 Å². The number of fused-ring (bicyclic) bond motifs is 4. The van der Waals surface area contributed by atoms with Crippen LogP contribution in [0, 0.1) is 17.3 Å². The van der Waals surface area contributed by atoms with Crippen molar-refractivity contribution in [3.05, 3.63) is 69.8 Å². The Hall–Kier alpha value is -2.78. The first-order valence-corrected chi connectivity index (χ1v) is 13.8. The normalized spacial score (nSPS) is 24.8. The van der Waals surface area contributed by atoms with Gasteiger partial charge in [0.1, 0.15) is 11.5 Å². The van der Waals surface area contributed by atoms with Crippen molar-refractivity contribution in [1.82, 2.24) is 15.1 Å². The monoisotopic (exact) mass is 531 g/mol. The zero-order valence-corrected chi connectivity index (χ0v) is 22.0. The van der Waals surface area contributed by atoms with Crippen molar-refractivity contribution in [3.8, 4) is 23.1 Å². The van der Waals surface area contributed by atoms with Crippen LogP contribution in [0.25, 0.3) is 22.2 Å². The van der Waals surface area contributed by atoms with E-state index in [1.807, 2.05) is 6.20 Å². The molecule has 0 atom stereocenters. The second kappa shape index (κ2) is 8.91. The Balaban J connectivity index is 1.10. The average Bonchev–Trinajstić information content (AvgIpc) is 3.49. The lowest BCUT2D eigenvalue weighted by Gasteiger charge is -2.51. The van der Waals surface area contributed by atoms with Gasteiger partial charge in [-0.3, -0.25) is 4.98 Å². The van der Waals surface area contributed by atoms with E-state index in [1.165, 1.54) is 5.39 Å². The van der Waals surface area contributed by atoms with Crippen LogP contribution in [-0.4, -0.2) is 20.7 Å². The molecule has 188 valence electrons. The molecule has 4 fully saturated rings. The third kappa shape index (κ3) is 4.16. The molecule has 4 saturated carbocycles. The van der Waals surface area contributed by atoms with Crippen LogP contribution in [0.15, 0.2) is 47.4 Å². The number of hydrogen-bond acceptors (Lipinski definition) is 4. The SMILES string of the molecule is Clc1cncc(Cl)c1-c1noc(C2CC2)c1COC12CCC(C#Cc3cccc4[nH]ccc34)(CC1)CC2. The van der Waals surface area contributed by atoms with Crippen molar-refractivity contribution < 1.29 is 9.26 Å². The molecule has 5 nitrogen and oxygen atoms in total. The maximum Gasteiger partial charge on any atom is 0.145 e. The molecule has 0 saturated heterocycles. The number of ether oxygens (including phenoxy) is 1. The summed E-state index contributed by atoms with van der Waals surface area (Å²) in [6.45, 7) is 0.452. The quantitative estimate of drug-likeness (QED) is 0.264. The number of nitrogens with one attached hydrogen (secondary N) is 1. The van der Waals surface area contributed by atoms with Gasteiger partial charge in [0.2, 0.25) is 0 Å². The van der Waals surface area contributed by atoms with Gasteiger partial charge < -0.3 is 14.2 Å². The highest BCUT2D eigenvalue weighted by Crippen LogP contribution is 2.54. The molecular formula is C30H27Cl2N3O2. The fraction of sp³-hybridized carbons (Fsp3) is 0.400. The van der Waals surface area contributed by atoms with E-state index in [4.69, 9.17) is 32.5 Å². The zero-order chi connectivity index (χ0) is 25.0. The predicted octanol–water partition coefficient (Wildman–Crippen LogP) is 8.06. The lowest BCUT2D eigenvalue weighted by atomic mass is 9.59. The first kappa shape index (κ1) is 23.3. The molecule has 2 bridgehead atoms. The molecule has 1 N–H and O–H groups in total. The summed E-state index contributed by atoms with van der Waals surface area (Å²) in [6, 6.07) is 8.40. The van der Waals surface area contributed by atoms with E-state index in [9.17, 15) is 0 Å². The number of pyridine rings is 1. The number of halogens is 2. The lowest BCUT2D eigenvalue weighted by Crippen LogP contribution is -2.47. The van der Waals surface area contributed by atoms with Crippen molar-refractivity contribution in [1.29, 1.82) is 0 Å². The van der Waals surface area contributed by atoms with Crippen molar-refractivity contribution in [3.63, 3.8) is 0 Å². The van der Waals surface area contributed by atoms with Crippen molar-refractivity contribution >= 4 is 34.1 Å². The molecule has 1 aromatic carbocycles. The summed E-state index contributed by atoms with van der Waals surface area (Å²) < 4.78 is 12.6. The molecule has 0 aliphatic heterocycles. The summed E-state index contributed by atoms with van der Waals surface area (Å²) in [7, 11) is 0. The minimum Gasteiger partial charge on any atom is -0.370 e. The number of benzene rings is 1. The molecule has 8 rings (SSSR count). The van der Waals surface area contributed by atoms with E-state index in [2.05, 4.69) is 51.2 Å². The van der Waals surface area contributed by atoms with E-state index < -0.39 is 0 Å². The number of hydrogen-bond donors (Lipinski definition) is 1. The molecule has 4 aliphatic rings. The highest BCUT2D eigenvalue weighted by atomic mass is 35.5. The molecule has 37 heavy (non-hydrogen) atoms. The van der Waals surface area contributed by atoms with Crippen LogP contribution in [0.2, 0.25) is 10.0 Å². The van der Waals surface area contributed by atoms with Crippen LogP contribution >= 0.6 is 23.2 Å². The van der Waals surface area contributed by atoms with Gasteiger partial charge >= 0.3 is 0 Å². The highest BCUT2D eigenvalue weighted by molar-refractivity contribution is 6.38. The number of aromatic nitrogens is 3. The lowest BCUT2D eigenvalue weighted by molar-refractivity contribution is -0.131. The van der Waals surface area contributed by atoms with Crippen LogP contribution in [0.3, 0.4) is 0 Å². The molecule has 3 heterocycles. The molecule has 0 unspecified atom stereocenters. The van der Waals surface area contributed by atoms with E-state index >= 15 is 0 Å². The third-order valence-corrected chi connectivity index (χ3v) is 9.19. The zero-order valence-electron chi connectivity index (χ0n) is 20.4. The van der Waals surface area contributed by atoms with Gasteiger partial charge in [0.15, 0.2) is 0 Å². The number of nitrogens with zero attached hydrogens (tertiary/aromatic N) is 2. The summed E-state index contributed by atoms with van der Waals surface area (Å²) in [6.07, 6.45) is 13.7. The number of aromatic amines is 1. The minimum atomic E-state index is -0.120. The molecule has 3 aromatic heterocycles. The summed E-state index contributed by atoms with van der Waals surface area (Å²) in [4.78, 5) is 7.37. The van der Waals surface area contributed by atoms with Gasteiger partial charge in [-0.25, -0.2) is 0 Å². The summed E-state index contributed by atoms with van der Waals surface area (Å²) in [5.41, 5.74) is 4.54.